The maximum Gasteiger partial charge on any atom is 0.158 e. The Balaban J connectivity index is 2.48. The van der Waals surface area contributed by atoms with E-state index in [-0.39, 0.29) is 0 Å². The first-order chi connectivity index (χ1) is 5.59. The van der Waals surface area contributed by atoms with Crippen molar-refractivity contribution in [2.45, 2.75) is 40.0 Å². The van der Waals surface area contributed by atoms with E-state index in [0.29, 0.717) is 17.6 Å². The van der Waals surface area contributed by atoms with Crippen LogP contribution in [0.4, 0.5) is 0 Å². The Kier molecular flexibility index (Phi) is 3.07. The van der Waals surface area contributed by atoms with Crippen LogP contribution in [0.2, 0.25) is 0 Å². The van der Waals surface area contributed by atoms with Gasteiger partial charge < -0.3 is 0 Å². The van der Waals surface area contributed by atoms with Crippen molar-refractivity contribution in [2.75, 3.05) is 0 Å². The van der Waals surface area contributed by atoms with Gasteiger partial charge in [-0.3, -0.25) is 4.79 Å². The van der Waals surface area contributed by atoms with Gasteiger partial charge in [-0.25, -0.2) is 0 Å². The van der Waals surface area contributed by atoms with E-state index < -0.39 is 0 Å². The summed E-state index contributed by atoms with van der Waals surface area (Å²) < 4.78 is 0. The molecule has 0 aromatic rings. The minimum atomic E-state index is 0.370. The van der Waals surface area contributed by atoms with Gasteiger partial charge in [-0.2, -0.15) is 0 Å². The fourth-order valence-corrected chi connectivity index (χ4v) is 1.63. The molecule has 0 heterocycles. The van der Waals surface area contributed by atoms with Crippen LogP contribution >= 0.6 is 0 Å². The lowest BCUT2D eigenvalue weighted by Gasteiger charge is -2.03. The highest BCUT2D eigenvalue weighted by atomic mass is 16.1. The van der Waals surface area contributed by atoms with Crippen molar-refractivity contribution in [3.05, 3.63) is 11.6 Å². The summed E-state index contributed by atoms with van der Waals surface area (Å²) in [7, 11) is 0. The molecule has 1 unspecified atom stereocenters. The molecule has 0 spiro atoms. The van der Waals surface area contributed by atoms with Crippen LogP contribution in [-0.4, -0.2) is 5.78 Å². The third-order valence-electron chi connectivity index (χ3n) is 2.31. The third-order valence-corrected chi connectivity index (χ3v) is 2.31. The zero-order chi connectivity index (χ0) is 9.14. The minimum absolute atomic E-state index is 0.370. The molecule has 1 nitrogen and oxygen atoms in total. The molecule has 68 valence electrons. The standard InChI is InChI=1S/C11H18O/c1-8(2)6-11(12)10-5-4-9(3)7-10/h7-9H,4-6H2,1-3H3. The molecular formula is C11H18O. The Morgan fingerprint density at radius 3 is 2.75 bits per heavy atom. The molecule has 0 aromatic heterocycles. The monoisotopic (exact) mass is 166 g/mol. The van der Waals surface area contributed by atoms with Crippen molar-refractivity contribution in [3.63, 3.8) is 0 Å². The zero-order valence-corrected chi connectivity index (χ0v) is 8.26. The van der Waals surface area contributed by atoms with Crippen molar-refractivity contribution >= 4 is 5.78 Å². The van der Waals surface area contributed by atoms with Crippen LogP contribution in [0.15, 0.2) is 11.6 Å². The largest absolute Gasteiger partial charge is 0.295 e. The lowest BCUT2D eigenvalue weighted by molar-refractivity contribution is -0.116. The molecule has 0 saturated heterocycles. The second kappa shape index (κ2) is 3.88. The second-order valence-electron chi connectivity index (χ2n) is 4.23. The normalized spacial score (nSPS) is 23.0. The molecule has 0 N–H and O–H groups in total. The van der Waals surface area contributed by atoms with Gasteiger partial charge >= 0.3 is 0 Å². The molecule has 0 aliphatic heterocycles. The van der Waals surface area contributed by atoms with Crippen LogP contribution in [0.1, 0.15) is 40.0 Å². The predicted molar refractivity (Wildman–Crippen MR) is 50.9 cm³/mol. The first kappa shape index (κ1) is 9.50. The first-order valence-corrected chi connectivity index (χ1v) is 4.83. The van der Waals surface area contributed by atoms with Crippen molar-refractivity contribution in [1.82, 2.24) is 0 Å². The number of carbonyl (C=O) groups excluding carboxylic acids is 1. The fraction of sp³-hybridized carbons (Fsp3) is 0.727. The van der Waals surface area contributed by atoms with Crippen LogP contribution in [-0.2, 0) is 4.79 Å². The van der Waals surface area contributed by atoms with Gasteiger partial charge in [0.25, 0.3) is 0 Å². The van der Waals surface area contributed by atoms with E-state index in [2.05, 4.69) is 26.8 Å². The van der Waals surface area contributed by atoms with E-state index in [1.807, 2.05) is 0 Å². The number of allylic oxidation sites excluding steroid dienone is 2. The summed E-state index contributed by atoms with van der Waals surface area (Å²) >= 11 is 0. The summed E-state index contributed by atoms with van der Waals surface area (Å²) in [5.74, 6) is 1.49. The fourth-order valence-electron chi connectivity index (χ4n) is 1.63. The molecule has 0 amide bonds. The molecule has 12 heavy (non-hydrogen) atoms. The number of hydrogen-bond donors (Lipinski definition) is 0. The van der Waals surface area contributed by atoms with Gasteiger partial charge in [-0.05, 0) is 30.3 Å². The van der Waals surface area contributed by atoms with E-state index in [1.165, 1.54) is 6.42 Å². The Bertz CT molecular complexity index is 201. The summed E-state index contributed by atoms with van der Waals surface area (Å²) in [6, 6.07) is 0. The zero-order valence-electron chi connectivity index (χ0n) is 8.26. The molecule has 0 saturated carbocycles. The maximum absolute atomic E-state index is 11.5. The summed E-state index contributed by atoms with van der Waals surface area (Å²) in [6.45, 7) is 6.36. The van der Waals surface area contributed by atoms with E-state index in [0.717, 1.165) is 18.4 Å². The highest BCUT2D eigenvalue weighted by Crippen LogP contribution is 2.25. The number of rotatable bonds is 3. The summed E-state index contributed by atoms with van der Waals surface area (Å²) in [4.78, 5) is 11.5. The summed E-state index contributed by atoms with van der Waals surface area (Å²) in [5, 5.41) is 0. The van der Waals surface area contributed by atoms with Crippen LogP contribution in [0.3, 0.4) is 0 Å². The van der Waals surface area contributed by atoms with Gasteiger partial charge in [0.2, 0.25) is 0 Å². The van der Waals surface area contributed by atoms with Crippen molar-refractivity contribution in [3.8, 4) is 0 Å². The lowest BCUT2D eigenvalue weighted by Crippen LogP contribution is -2.04. The number of ketones is 1. The molecular weight excluding hydrogens is 148 g/mol. The van der Waals surface area contributed by atoms with Crippen molar-refractivity contribution in [1.29, 1.82) is 0 Å². The average Bonchev–Trinajstić information content (AvgIpc) is 2.34. The van der Waals surface area contributed by atoms with E-state index in [4.69, 9.17) is 0 Å². The van der Waals surface area contributed by atoms with Gasteiger partial charge in [0.1, 0.15) is 0 Å². The Hall–Kier alpha value is -0.590. The van der Waals surface area contributed by atoms with E-state index >= 15 is 0 Å². The molecule has 0 fully saturated rings. The quantitative estimate of drug-likeness (QED) is 0.630. The Labute approximate surface area is 74.9 Å². The highest BCUT2D eigenvalue weighted by molar-refractivity contribution is 5.95. The molecule has 0 aromatic carbocycles. The third kappa shape index (κ3) is 2.47. The summed E-state index contributed by atoms with van der Waals surface area (Å²) in [6.07, 6.45) is 5.04. The van der Waals surface area contributed by atoms with Gasteiger partial charge in [0, 0.05) is 6.42 Å². The SMILES string of the molecule is CC(C)CC(=O)C1=CC(C)CC1. The highest BCUT2D eigenvalue weighted by Gasteiger charge is 2.17. The number of carbonyl (C=O) groups is 1. The van der Waals surface area contributed by atoms with Crippen LogP contribution in [0.5, 0.6) is 0 Å². The van der Waals surface area contributed by atoms with Crippen LogP contribution in [0.25, 0.3) is 0 Å². The topological polar surface area (TPSA) is 17.1 Å². The number of hydrogen-bond acceptors (Lipinski definition) is 1. The second-order valence-corrected chi connectivity index (χ2v) is 4.23. The Morgan fingerprint density at radius 2 is 2.33 bits per heavy atom. The minimum Gasteiger partial charge on any atom is -0.295 e. The van der Waals surface area contributed by atoms with Gasteiger partial charge in [-0.1, -0.05) is 26.8 Å². The molecule has 1 rings (SSSR count). The molecule has 0 bridgehead atoms. The number of Topliss-reactive ketones (excluding diaryl/α,β-unsaturated/α-hetero) is 1. The molecule has 1 heteroatoms. The first-order valence-electron chi connectivity index (χ1n) is 4.83. The Morgan fingerprint density at radius 1 is 1.67 bits per heavy atom. The van der Waals surface area contributed by atoms with Crippen molar-refractivity contribution < 1.29 is 4.79 Å². The van der Waals surface area contributed by atoms with Gasteiger partial charge in [0.15, 0.2) is 5.78 Å². The van der Waals surface area contributed by atoms with Crippen molar-refractivity contribution in [2.24, 2.45) is 11.8 Å². The predicted octanol–water partition coefficient (Wildman–Crippen LogP) is 2.96. The molecule has 1 atom stereocenters. The van der Waals surface area contributed by atoms with E-state index in [9.17, 15) is 4.79 Å². The van der Waals surface area contributed by atoms with Crippen LogP contribution in [0, 0.1) is 11.8 Å². The van der Waals surface area contributed by atoms with Gasteiger partial charge in [-0.15, -0.1) is 0 Å². The van der Waals surface area contributed by atoms with E-state index in [1.54, 1.807) is 0 Å². The average molecular weight is 166 g/mol. The molecule has 1 aliphatic carbocycles. The maximum atomic E-state index is 11.5. The van der Waals surface area contributed by atoms with Gasteiger partial charge in [0.05, 0.1) is 0 Å². The molecule has 0 radical (unpaired) electrons. The smallest absolute Gasteiger partial charge is 0.158 e. The van der Waals surface area contributed by atoms with Crippen LogP contribution < -0.4 is 0 Å². The summed E-state index contributed by atoms with van der Waals surface area (Å²) in [5.41, 5.74) is 1.08. The molecule has 1 aliphatic rings. The lowest BCUT2D eigenvalue weighted by atomic mass is 10.0.